The first-order chi connectivity index (χ1) is 8.24. The van der Waals surface area contributed by atoms with Crippen LogP contribution in [-0.4, -0.2) is 9.97 Å². The Morgan fingerprint density at radius 3 is 2.94 bits per heavy atom. The summed E-state index contributed by atoms with van der Waals surface area (Å²) in [6.45, 7) is 0. The highest BCUT2D eigenvalue weighted by molar-refractivity contribution is 9.10. The van der Waals surface area contributed by atoms with E-state index in [1.54, 1.807) is 17.5 Å². The molecule has 0 saturated carbocycles. The molecule has 0 aliphatic rings. The quantitative estimate of drug-likeness (QED) is 0.697. The second-order valence-corrected chi connectivity index (χ2v) is 5.46. The zero-order chi connectivity index (χ0) is 11.8. The number of benzene rings is 1. The van der Waals surface area contributed by atoms with Crippen molar-refractivity contribution in [2.24, 2.45) is 0 Å². The van der Waals surface area contributed by atoms with Gasteiger partial charge in [-0.3, -0.25) is 4.98 Å². The highest BCUT2D eigenvalue weighted by Gasteiger charge is 2.10. The Hall–Kier alpha value is -1.46. The number of fused-ring (bicyclic) bond motifs is 1. The van der Waals surface area contributed by atoms with E-state index in [1.165, 1.54) is 0 Å². The smallest absolute Gasteiger partial charge is 0.144 e. The van der Waals surface area contributed by atoms with Gasteiger partial charge in [-0.15, -0.1) is 11.3 Å². The van der Waals surface area contributed by atoms with Crippen LogP contribution >= 0.6 is 27.3 Å². The summed E-state index contributed by atoms with van der Waals surface area (Å²) >= 11 is 5.08. The molecule has 3 aromatic rings. The van der Waals surface area contributed by atoms with Gasteiger partial charge < -0.3 is 5.73 Å². The van der Waals surface area contributed by atoms with E-state index in [9.17, 15) is 0 Å². The van der Waals surface area contributed by atoms with Gasteiger partial charge in [0.1, 0.15) is 10.7 Å². The Morgan fingerprint density at radius 2 is 2.12 bits per heavy atom. The van der Waals surface area contributed by atoms with Gasteiger partial charge in [-0.05, 0) is 46.3 Å². The van der Waals surface area contributed by atoms with Crippen LogP contribution in [0.5, 0.6) is 0 Å². The summed E-state index contributed by atoms with van der Waals surface area (Å²) in [7, 11) is 0. The van der Waals surface area contributed by atoms with Crippen LogP contribution in [0.25, 0.3) is 20.9 Å². The maximum atomic E-state index is 5.76. The molecule has 0 amide bonds. The minimum Gasteiger partial charge on any atom is -0.399 e. The van der Waals surface area contributed by atoms with Gasteiger partial charge in [0.2, 0.25) is 0 Å². The summed E-state index contributed by atoms with van der Waals surface area (Å²) in [6, 6.07) is 9.58. The van der Waals surface area contributed by atoms with E-state index in [1.807, 2.05) is 30.3 Å². The summed E-state index contributed by atoms with van der Waals surface area (Å²) in [6.07, 6.45) is 1.76. The minimum absolute atomic E-state index is 0.757. The molecule has 2 heterocycles. The van der Waals surface area contributed by atoms with E-state index in [-0.39, 0.29) is 0 Å². The van der Waals surface area contributed by atoms with Gasteiger partial charge >= 0.3 is 0 Å². The molecule has 0 saturated heterocycles. The Bertz CT molecular complexity index is 693. The number of halogens is 1. The molecule has 3 nitrogen and oxygen atoms in total. The van der Waals surface area contributed by atoms with Gasteiger partial charge in [0.25, 0.3) is 0 Å². The summed E-state index contributed by atoms with van der Waals surface area (Å²) < 4.78 is 2.03. The summed E-state index contributed by atoms with van der Waals surface area (Å²) in [4.78, 5) is 8.89. The van der Waals surface area contributed by atoms with Crippen LogP contribution in [0.3, 0.4) is 0 Å². The first kappa shape index (κ1) is 10.7. The average Bonchev–Trinajstić information content (AvgIpc) is 2.72. The molecule has 2 aromatic heterocycles. The molecule has 0 aliphatic carbocycles. The lowest BCUT2D eigenvalue weighted by molar-refractivity contribution is 1.29. The fraction of sp³-hybridized carbons (Fsp3) is 0. The molecule has 0 bridgehead atoms. The van der Waals surface area contributed by atoms with Crippen molar-refractivity contribution in [3.63, 3.8) is 0 Å². The molecule has 2 N–H and O–H groups in total. The SMILES string of the molecule is Nc1ccc2nc(-c3ncccc3Br)sc2c1. The normalized spacial score (nSPS) is 10.9. The number of nitrogens with zero attached hydrogens (tertiary/aromatic N) is 2. The van der Waals surface area contributed by atoms with Gasteiger partial charge in [0.05, 0.1) is 10.2 Å². The van der Waals surface area contributed by atoms with Crippen molar-refractivity contribution in [1.29, 1.82) is 0 Å². The zero-order valence-corrected chi connectivity index (χ0v) is 11.1. The van der Waals surface area contributed by atoms with E-state index >= 15 is 0 Å². The largest absolute Gasteiger partial charge is 0.399 e. The monoisotopic (exact) mass is 305 g/mol. The fourth-order valence-corrected chi connectivity index (χ4v) is 3.18. The molecule has 3 rings (SSSR count). The predicted octanol–water partition coefficient (Wildman–Crippen LogP) is 3.70. The number of aromatic nitrogens is 2. The van der Waals surface area contributed by atoms with Crippen molar-refractivity contribution in [2.75, 3.05) is 5.73 Å². The van der Waals surface area contributed by atoms with E-state index in [0.717, 1.165) is 31.1 Å². The first-order valence-electron chi connectivity index (χ1n) is 5.01. The highest BCUT2D eigenvalue weighted by Crippen LogP contribution is 2.33. The number of pyridine rings is 1. The number of hydrogen-bond donors (Lipinski definition) is 1. The zero-order valence-electron chi connectivity index (χ0n) is 8.72. The summed E-state index contributed by atoms with van der Waals surface area (Å²) in [5, 5.41) is 0.901. The number of nitrogen functional groups attached to an aromatic ring is 1. The Balaban J connectivity index is 2.22. The molecule has 1 aromatic carbocycles. The van der Waals surface area contributed by atoms with Crippen molar-refractivity contribution in [2.45, 2.75) is 0 Å². The van der Waals surface area contributed by atoms with Gasteiger partial charge in [-0.25, -0.2) is 4.98 Å². The maximum absolute atomic E-state index is 5.76. The van der Waals surface area contributed by atoms with Crippen molar-refractivity contribution >= 4 is 43.2 Å². The topological polar surface area (TPSA) is 51.8 Å². The molecule has 0 spiro atoms. The molecule has 0 atom stereocenters. The second-order valence-electron chi connectivity index (χ2n) is 3.58. The van der Waals surface area contributed by atoms with Gasteiger partial charge in [-0.2, -0.15) is 0 Å². The van der Waals surface area contributed by atoms with E-state index in [4.69, 9.17) is 5.73 Å². The molecule has 0 radical (unpaired) electrons. The third-order valence-corrected chi connectivity index (χ3v) is 4.04. The predicted molar refractivity (Wildman–Crippen MR) is 75.0 cm³/mol. The van der Waals surface area contributed by atoms with Crippen LogP contribution in [0.15, 0.2) is 41.0 Å². The van der Waals surface area contributed by atoms with Gasteiger partial charge in [-0.1, -0.05) is 0 Å². The Kier molecular flexibility index (Phi) is 2.57. The lowest BCUT2D eigenvalue weighted by atomic mass is 10.3. The van der Waals surface area contributed by atoms with Crippen LogP contribution < -0.4 is 5.73 Å². The average molecular weight is 306 g/mol. The van der Waals surface area contributed by atoms with Crippen molar-refractivity contribution in [1.82, 2.24) is 9.97 Å². The van der Waals surface area contributed by atoms with E-state index < -0.39 is 0 Å². The van der Waals surface area contributed by atoms with Crippen LogP contribution in [0.2, 0.25) is 0 Å². The molecular formula is C12H8BrN3S. The molecule has 84 valence electrons. The third kappa shape index (κ3) is 1.92. The van der Waals surface area contributed by atoms with Gasteiger partial charge in [0.15, 0.2) is 0 Å². The van der Waals surface area contributed by atoms with Crippen LogP contribution in [0.1, 0.15) is 0 Å². The standard InChI is InChI=1S/C12H8BrN3S/c13-8-2-1-5-15-11(8)12-16-9-4-3-7(14)6-10(9)17-12/h1-6H,14H2. The minimum atomic E-state index is 0.757. The molecule has 5 heteroatoms. The number of thiazole rings is 1. The molecule has 0 aliphatic heterocycles. The van der Waals surface area contributed by atoms with Crippen molar-refractivity contribution in [3.05, 3.63) is 41.0 Å². The van der Waals surface area contributed by atoms with Gasteiger partial charge in [0, 0.05) is 16.4 Å². The van der Waals surface area contributed by atoms with Crippen molar-refractivity contribution in [3.8, 4) is 10.7 Å². The van der Waals surface area contributed by atoms with E-state index in [2.05, 4.69) is 25.9 Å². The second kappa shape index (κ2) is 4.09. The van der Waals surface area contributed by atoms with Crippen LogP contribution in [0, 0.1) is 0 Å². The Morgan fingerprint density at radius 1 is 1.24 bits per heavy atom. The fourth-order valence-electron chi connectivity index (χ4n) is 1.59. The lowest BCUT2D eigenvalue weighted by Crippen LogP contribution is -1.83. The molecule has 17 heavy (non-hydrogen) atoms. The molecule has 0 fully saturated rings. The number of nitrogens with two attached hydrogens (primary N) is 1. The Labute approximate surface area is 110 Å². The molecule has 0 unspecified atom stereocenters. The number of anilines is 1. The number of rotatable bonds is 1. The third-order valence-electron chi connectivity index (χ3n) is 2.37. The lowest BCUT2D eigenvalue weighted by Gasteiger charge is -1.96. The van der Waals surface area contributed by atoms with Crippen LogP contribution in [0.4, 0.5) is 5.69 Å². The van der Waals surface area contributed by atoms with Crippen LogP contribution in [-0.2, 0) is 0 Å². The number of hydrogen-bond acceptors (Lipinski definition) is 4. The van der Waals surface area contributed by atoms with Crippen molar-refractivity contribution < 1.29 is 0 Å². The molecular weight excluding hydrogens is 298 g/mol. The first-order valence-corrected chi connectivity index (χ1v) is 6.62. The maximum Gasteiger partial charge on any atom is 0.144 e. The summed E-state index contributed by atoms with van der Waals surface area (Å²) in [5.41, 5.74) is 8.34. The highest BCUT2D eigenvalue weighted by atomic mass is 79.9. The van der Waals surface area contributed by atoms with E-state index in [0.29, 0.717) is 0 Å². The summed E-state index contributed by atoms with van der Waals surface area (Å²) in [5.74, 6) is 0.